The molecule has 5 heteroatoms. The Hall–Kier alpha value is -0.940. The van der Waals surface area contributed by atoms with Crippen molar-refractivity contribution >= 4 is 17.2 Å². The highest BCUT2D eigenvalue weighted by atomic mass is 32.1. The summed E-state index contributed by atoms with van der Waals surface area (Å²) in [6.45, 7) is 4.02. The van der Waals surface area contributed by atoms with E-state index in [4.69, 9.17) is 5.73 Å². The summed E-state index contributed by atoms with van der Waals surface area (Å²) in [5.41, 5.74) is 5.99. The van der Waals surface area contributed by atoms with Gasteiger partial charge in [-0.2, -0.15) is 0 Å². The number of carbonyl (C=O) groups is 1. The van der Waals surface area contributed by atoms with Crippen molar-refractivity contribution in [3.63, 3.8) is 0 Å². The number of rotatable bonds is 2. The topological polar surface area (TPSA) is 59.2 Å². The number of carbonyl (C=O) groups excluding carboxylic acids is 1. The average molecular weight is 225 g/mol. The first-order valence-electron chi connectivity index (χ1n) is 5.07. The van der Waals surface area contributed by atoms with Gasteiger partial charge in [0.05, 0.1) is 6.04 Å². The van der Waals surface area contributed by atoms with Crippen LogP contribution < -0.4 is 5.73 Å². The Morgan fingerprint density at radius 3 is 2.93 bits per heavy atom. The van der Waals surface area contributed by atoms with Gasteiger partial charge in [0.25, 0.3) is 0 Å². The van der Waals surface area contributed by atoms with Gasteiger partial charge in [-0.05, 0) is 13.8 Å². The van der Waals surface area contributed by atoms with Gasteiger partial charge in [0.1, 0.15) is 5.01 Å². The Bertz CT molecular complexity index is 350. The molecule has 2 atom stereocenters. The number of amides is 1. The lowest BCUT2D eigenvalue weighted by Gasteiger charge is -2.28. The Morgan fingerprint density at radius 1 is 1.67 bits per heavy atom. The quantitative estimate of drug-likeness (QED) is 0.821. The summed E-state index contributed by atoms with van der Waals surface area (Å²) in [5, 5.41) is 2.87. The van der Waals surface area contributed by atoms with Gasteiger partial charge in [-0.1, -0.05) is 0 Å². The van der Waals surface area contributed by atoms with Crippen LogP contribution in [-0.4, -0.2) is 27.9 Å². The molecule has 0 aliphatic carbocycles. The fourth-order valence-electron chi connectivity index (χ4n) is 2.07. The summed E-state index contributed by atoms with van der Waals surface area (Å²) in [7, 11) is 0. The second kappa shape index (κ2) is 3.90. The first kappa shape index (κ1) is 10.6. The molecule has 0 saturated carbocycles. The molecule has 1 aliphatic rings. The van der Waals surface area contributed by atoms with Gasteiger partial charge in [0.2, 0.25) is 5.91 Å². The SMILES string of the molecule is CC(C)N1C(=O)C[C@H](N)[C@H]1c1nccs1. The van der Waals surface area contributed by atoms with E-state index in [1.807, 2.05) is 24.1 Å². The van der Waals surface area contributed by atoms with Crippen molar-refractivity contribution in [3.05, 3.63) is 16.6 Å². The molecule has 0 radical (unpaired) electrons. The maximum absolute atomic E-state index is 11.8. The van der Waals surface area contributed by atoms with Crippen LogP contribution in [-0.2, 0) is 4.79 Å². The van der Waals surface area contributed by atoms with E-state index < -0.39 is 0 Å². The van der Waals surface area contributed by atoms with E-state index in [0.29, 0.717) is 6.42 Å². The van der Waals surface area contributed by atoms with Crippen molar-refractivity contribution in [2.45, 2.75) is 38.4 Å². The normalized spacial score (nSPS) is 26.7. The number of hydrogen-bond donors (Lipinski definition) is 1. The third kappa shape index (κ3) is 1.77. The van der Waals surface area contributed by atoms with Crippen molar-refractivity contribution in [1.29, 1.82) is 0 Å². The highest BCUT2D eigenvalue weighted by molar-refractivity contribution is 7.09. The van der Waals surface area contributed by atoms with Gasteiger partial charge in [-0.15, -0.1) is 11.3 Å². The molecule has 0 spiro atoms. The van der Waals surface area contributed by atoms with E-state index in [9.17, 15) is 4.79 Å². The Labute approximate surface area is 93.1 Å². The lowest BCUT2D eigenvalue weighted by atomic mass is 10.1. The smallest absolute Gasteiger partial charge is 0.225 e. The molecule has 1 aliphatic heterocycles. The maximum atomic E-state index is 11.8. The first-order chi connectivity index (χ1) is 7.11. The van der Waals surface area contributed by atoms with Crippen LogP contribution in [0, 0.1) is 0 Å². The summed E-state index contributed by atoms with van der Waals surface area (Å²) in [6.07, 6.45) is 2.19. The van der Waals surface area contributed by atoms with Crippen LogP contribution in [0.15, 0.2) is 11.6 Å². The van der Waals surface area contributed by atoms with Gasteiger partial charge in [0.15, 0.2) is 0 Å². The van der Waals surface area contributed by atoms with E-state index in [0.717, 1.165) is 5.01 Å². The van der Waals surface area contributed by atoms with E-state index in [-0.39, 0.29) is 24.0 Å². The van der Waals surface area contributed by atoms with Crippen molar-refractivity contribution in [2.24, 2.45) is 5.73 Å². The van der Waals surface area contributed by atoms with Crippen molar-refractivity contribution < 1.29 is 4.79 Å². The molecule has 2 heterocycles. The first-order valence-corrected chi connectivity index (χ1v) is 5.95. The molecule has 82 valence electrons. The summed E-state index contributed by atoms with van der Waals surface area (Å²) in [4.78, 5) is 17.9. The summed E-state index contributed by atoms with van der Waals surface area (Å²) in [5.74, 6) is 0.137. The minimum Gasteiger partial charge on any atom is -0.329 e. The van der Waals surface area contributed by atoms with Crippen LogP contribution in [0.1, 0.15) is 31.3 Å². The van der Waals surface area contributed by atoms with Gasteiger partial charge < -0.3 is 10.6 Å². The Balaban J connectivity index is 2.32. The van der Waals surface area contributed by atoms with Crippen LogP contribution >= 0.6 is 11.3 Å². The molecule has 0 bridgehead atoms. The lowest BCUT2D eigenvalue weighted by Crippen LogP contribution is -2.37. The minimum absolute atomic E-state index is 0.0301. The van der Waals surface area contributed by atoms with Crippen molar-refractivity contribution in [1.82, 2.24) is 9.88 Å². The number of likely N-dealkylation sites (tertiary alicyclic amines) is 1. The third-order valence-corrected chi connectivity index (χ3v) is 3.51. The maximum Gasteiger partial charge on any atom is 0.225 e. The fourth-order valence-corrected chi connectivity index (χ4v) is 2.88. The van der Waals surface area contributed by atoms with Crippen LogP contribution in [0.4, 0.5) is 0 Å². The number of aromatic nitrogens is 1. The van der Waals surface area contributed by atoms with E-state index in [2.05, 4.69) is 4.98 Å². The zero-order valence-corrected chi connectivity index (χ0v) is 9.70. The monoisotopic (exact) mass is 225 g/mol. The van der Waals surface area contributed by atoms with Gasteiger partial charge in [0, 0.05) is 30.1 Å². The molecule has 4 nitrogen and oxygen atoms in total. The zero-order chi connectivity index (χ0) is 11.0. The predicted octanol–water partition coefficient (Wildman–Crippen LogP) is 1.15. The summed E-state index contributed by atoms with van der Waals surface area (Å²) >= 11 is 1.56. The summed E-state index contributed by atoms with van der Waals surface area (Å²) in [6, 6.07) is 0.0310. The van der Waals surface area contributed by atoms with Gasteiger partial charge in [-0.25, -0.2) is 4.98 Å². The molecule has 1 amide bonds. The van der Waals surface area contributed by atoms with Crippen LogP contribution in [0.25, 0.3) is 0 Å². The molecule has 0 unspecified atom stereocenters. The second-order valence-corrected chi connectivity index (χ2v) is 5.00. The van der Waals surface area contributed by atoms with Crippen LogP contribution in [0.3, 0.4) is 0 Å². The highest BCUT2D eigenvalue weighted by Gasteiger charge is 2.41. The Morgan fingerprint density at radius 2 is 2.40 bits per heavy atom. The van der Waals surface area contributed by atoms with Crippen LogP contribution in [0.5, 0.6) is 0 Å². The highest BCUT2D eigenvalue weighted by Crippen LogP contribution is 2.34. The Kier molecular flexibility index (Phi) is 2.75. The van der Waals surface area contributed by atoms with Gasteiger partial charge in [-0.3, -0.25) is 4.79 Å². The lowest BCUT2D eigenvalue weighted by molar-refractivity contribution is -0.130. The molecule has 1 aromatic rings. The van der Waals surface area contributed by atoms with E-state index in [1.165, 1.54) is 0 Å². The molecular formula is C10H15N3OS. The van der Waals surface area contributed by atoms with E-state index >= 15 is 0 Å². The summed E-state index contributed by atoms with van der Waals surface area (Å²) < 4.78 is 0. The molecule has 2 N–H and O–H groups in total. The third-order valence-electron chi connectivity index (χ3n) is 2.66. The number of hydrogen-bond acceptors (Lipinski definition) is 4. The molecular weight excluding hydrogens is 210 g/mol. The number of nitrogens with zero attached hydrogens (tertiary/aromatic N) is 2. The molecule has 15 heavy (non-hydrogen) atoms. The zero-order valence-electron chi connectivity index (χ0n) is 8.88. The van der Waals surface area contributed by atoms with Crippen molar-refractivity contribution in [2.75, 3.05) is 0 Å². The molecule has 2 rings (SSSR count). The van der Waals surface area contributed by atoms with Gasteiger partial charge >= 0.3 is 0 Å². The second-order valence-electron chi connectivity index (χ2n) is 4.08. The predicted molar refractivity (Wildman–Crippen MR) is 59.4 cm³/mol. The minimum atomic E-state index is -0.119. The van der Waals surface area contributed by atoms with Crippen molar-refractivity contribution in [3.8, 4) is 0 Å². The molecule has 1 saturated heterocycles. The fraction of sp³-hybridized carbons (Fsp3) is 0.600. The standard InChI is InChI=1S/C10H15N3OS/c1-6(2)13-8(14)5-7(11)9(13)10-12-3-4-15-10/h3-4,6-7,9H,5,11H2,1-2H3/t7-,9-/m0/s1. The average Bonchev–Trinajstić information content (AvgIpc) is 2.71. The molecule has 1 fully saturated rings. The largest absolute Gasteiger partial charge is 0.329 e. The number of nitrogens with two attached hydrogens (primary N) is 1. The molecule has 0 aromatic carbocycles. The molecule has 1 aromatic heterocycles. The van der Waals surface area contributed by atoms with E-state index in [1.54, 1.807) is 17.5 Å². The number of thiazole rings is 1. The van der Waals surface area contributed by atoms with Crippen LogP contribution in [0.2, 0.25) is 0 Å².